The minimum absolute atomic E-state index is 0.713. The third-order valence-electron chi connectivity index (χ3n) is 3.92. The Morgan fingerprint density at radius 3 is 2.58 bits per heavy atom. The van der Waals surface area contributed by atoms with Gasteiger partial charge < -0.3 is 14.8 Å². The van der Waals surface area contributed by atoms with Crippen LogP contribution in [0, 0.1) is 0 Å². The first-order valence-corrected chi connectivity index (χ1v) is 7.28. The Bertz CT molecular complexity index is 386. The van der Waals surface area contributed by atoms with Crippen molar-refractivity contribution >= 4 is 0 Å². The fourth-order valence-electron chi connectivity index (χ4n) is 2.79. The van der Waals surface area contributed by atoms with Crippen LogP contribution in [0.3, 0.4) is 0 Å². The van der Waals surface area contributed by atoms with Gasteiger partial charge in [0, 0.05) is 6.04 Å². The lowest BCUT2D eigenvalue weighted by Gasteiger charge is -2.23. The molecule has 1 aliphatic rings. The molecule has 106 valence electrons. The van der Waals surface area contributed by atoms with E-state index in [2.05, 4.69) is 11.4 Å². The topological polar surface area (TPSA) is 30.5 Å². The smallest absolute Gasteiger partial charge is 0.122 e. The first-order chi connectivity index (χ1) is 9.33. The SMILES string of the molecule is COc1ccc(OC)c(CCNC2CCCCC2)c1. The largest absolute Gasteiger partial charge is 0.497 e. The van der Waals surface area contributed by atoms with E-state index in [-0.39, 0.29) is 0 Å². The number of methoxy groups -OCH3 is 2. The number of rotatable bonds is 6. The summed E-state index contributed by atoms with van der Waals surface area (Å²) in [7, 11) is 3.42. The van der Waals surface area contributed by atoms with Gasteiger partial charge in [0.25, 0.3) is 0 Å². The summed E-state index contributed by atoms with van der Waals surface area (Å²) in [4.78, 5) is 0. The summed E-state index contributed by atoms with van der Waals surface area (Å²) in [6, 6.07) is 6.71. The molecule has 2 rings (SSSR count). The van der Waals surface area contributed by atoms with Crippen molar-refractivity contribution in [3.63, 3.8) is 0 Å². The van der Waals surface area contributed by atoms with Crippen molar-refractivity contribution in [2.45, 2.75) is 44.6 Å². The molecule has 1 saturated carbocycles. The predicted octanol–water partition coefficient (Wildman–Crippen LogP) is 3.17. The standard InChI is InChI=1S/C16H25NO2/c1-18-15-8-9-16(19-2)13(12-15)10-11-17-14-6-4-3-5-7-14/h8-9,12,14,17H,3-7,10-11H2,1-2H3. The lowest BCUT2D eigenvalue weighted by Crippen LogP contribution is -2.32. The molecule has 0 amide bonds. The zero-order valence-corrected chi connectivity index (χ0v) is 12.1. The molecule has 3 nitrogen and oxygen atoms in total. The van der Waals surface area contributed by atoms with Crippen molar-refractivity contribution in [3.05, 3.63) is 23.8 Å². The summed E-state index contributed by atoms with van der Waals surface area (Å²) >= 11 is 0. The molecule has 0 saturated heterocycles. The maximum absolute atomic E-state index is 5.40. The second kappa shape index (κ2) is 7.39. The molecule has 0 spiro atoms. The molecular formula is C16H25NO2. The Kier molecular flexibility index (Phi) is 5.52. The number of hydrogen-bond acceptors (Lipinski definition) is 3. The fourth-order valence-corrected chi connectivity index (χ4v) is 2.79. The van der Waals surface area contributed by atoms with Crippen molar-refractivity contribution in [2.75, 3.05) is 20.8 Å². The Morgan fingerprint density at radius 1 is 1.11 bits per heavy atom. The molecule has 0 unspecified atom stereocenters. The van der Waals surface area contributed by atoms with Crippen LogP contribution in [0.15, 0.2) is 18.2 Å². The Balaban J connectivity index is 1.86. The molecule has 19 heavy (non-hydrogen) atoms. The van der Waals surface area contributed by atoms with Crippen molar-refractivity contribution in [1.29, 1.82) is 0 Å². The highest BCUT2D eigenvalue weighted by Gasteiger charge is 2.12. The molecule has 0 aliphatic heterocycles. The highest BCUT2D eigenvalue weighted by atomic mass is 16.5. The number of benzene rings is 1. The van der Waals surface area contributed by atoms with Crippen LogP contribution in [0.4, 0.5) is 0 Å². The van der Waals surface area contributed by atoms with Gasteiger partial charge >= 0.3 is 0 Å². The van der Waals surface area contributed by atoms with Crippen LogP contribution in [0.5, 0.6) is 11.5 Å². The summed E-state index contributed by atoms with van der Waals surface area (Å²) in [5.41, 5.74) is 1.21. The molecule has 0 radical (unpaired) electrons. The van der Waals surface area contributed by atoms with Gasteiger partial charge in [-0.05, 0) is 49.6 Å². The maximum atomic E-state index is 5.40. The minimum Gasteiger partial charge on any atom is -0.497 e. The molecule has 0 bridgehead atoms. The van der Waals surface area contributed by atoms with Crippen LogP contribution < -0.4 is 14.8 Å². The van der Waals surface area contributed by atoms with Crippen LogP contribution in [-0.4, -0.2) is 26.8 Å². The van der Waals surface area contributed by atoms with Gasteiger partial charge in [0.05, 0.1) is 14.2 Å². The van der Waals surface area contributed by atoms with Crippen LogP contribution in [0.2, 0.25) is 0 Å². The van der Waals surface area contributed by atoms with Gasteiger partial charge in [-0.25, -0.2) is 0 Å². The molecule has 3 heteroatoms. The molecular weight excluding hydrogens is 238 g/mol. The van der Waals surface area contributed by atoms with E-state index in [0.29, 0.717) is 6.04 Å². The van der Waals surface area contributed by atoms with Crippen LogP contribution in [0.25, 0.3) is 0 Å². The zero-order valence-electron chi connectivity index (χ0n) is 12.1. The van der Waals surface area contributed by atoms with E-state index in [1.54, 1.807) is 14.2 Å². The van der Waals surface area contributed by atoms with Crippen molar-refractivity contribution in [1.82, 2.24) is 5.32 Å². The van der Waals surface area contributed by atoms with E-state index in [9.17, 15) is 0 Å². The molecule has 0 heterocycles. The molecule has 1 N–H and O–H groups in total. The molecule has 0 atom stereocenters. The van der Waals surface area contributed by atoms with Crippen molar-refractivity contribution in [3.8, 4) is 11.5 Å². The average Bonchev–Trinajstić information content (AvgIpc) is 2.48. The molecule has 1 fully saturated rings. The average molecular weight is 263 g/mol. The van der Waals surface area contributed by atoms with Gasteiger partial charge in [0.15, 0.2) is 0 Å². The highest BCUT2D eigenvalue weighted by molar-refractivity contribution is 5.40. The van der Waals surface area contributed by atoms with Gasteiger partial charge in [-0.1, -0.05) is 19.3 Å². The van der Waals surface area contributed by atoms with E-state index < -0.39 is 0 Å². The first kappa shape index (κ1) is 14.2. The fraction of sp³-hybridized carbons (Fsp3) is 0.625. The lowest BCUT2D eigenvalue weighted by molar-refractivity contribution is 0.372. The third-order valence-corrected chi connectivity index (χ3v) is 3.92. The highest BCUT2D eigenvalue weighted by Crippen LogP contribution is 2.24. The maximum Gasteiger partial charge on any atom is 0.122 e. The van der Waals surface area contributed by atoms with Gasteiger partial charge in [-0.2, -0.15) is 0 Å². The second-order valence-corrected chi connectivity index (χ2v) is 5.22. The minimum atomic E-state index is 0.713. The quantitative estimate of drug-likeness (QED) is 0.855. The summed E-state index contributed by atoms with van der Waals surface area (Å²) in [6.45, 7) is 1.01. The zero-order chi connectivity index (χ0) is 13.5. The second-order valence-electron chi connectivity index (χ2n) is 5.22. The summed E-state index contributed by atoms with van der Waals surface area (Å²) in [5, 5.41) is 3.66. The van der Waals surface area contributed by atoms with Crippen molar-refractivity contribution in [2.24, 2.45) is 0 Å². The lowest BCUT2D eigenvalue weighted by atomic mass is 9.95. The summed E-state index contributed by atoms with van der Waals surface area (Å²) < 4.78 is 10.7. The molecule has 1 aromatic rings. The predicted molar refractivity (Wildman–Crippen MR) is 78.1 cm³/mol. The summed E-state index contributed by atoms with van der Waals surface area (Å²) in [6.07, 6.45) is 7.80. The first-order valence-electron chi connectivity index (χ1n) is 7.28. The monoisotopic (exact) mass is 263 g/mol. The Labute approximate surface area is 116 Å². The molecule has 1 aliphatic carbocycles. The number of nitrogens with one attached hydrogen (secondary N) is 1. The summed E-state index contributed by atoms with van der Waals surface area (Å²) in [5.74, 6) is 1.85. The number of hydrogen-bond donors (Lipinski definition) is 1. The van der Waals surface area contributed by atoms with E-state index in [1.165, 1.54) is 37.7 Å². The van der Waals surface area contributed by atoms with Crippen LogP contribution >= 0.6 is 0 Å². The van der Waals surface area contributed by atoms with Crippen molar-refractivity contribution < 1.29 is 9.47 Å². The molecule has 0 aromatic heterocycles. The molecule has 1 aromatic carbocycles. The van der Waals surface area contributed by atoms with Crippen LogP contribution in [-0.2, 0) is 6.42 Å². The van der Waals surface area contributed by atoms with Gasteiger partial charge in [0.2, 0.25) is 0 Å². The van der Waals surface area contributed by atoms with Gasteiger partial charge in [0.1, 0.15) is 11.5 Å². The van der Waals surface area contributed by atoms with E-state index in [0.717, 1.165) is 24.5 Å². The Hall–Kier alpha value is -1.22. The normalized spacial score (nSPS) is 16.3. The van der Waals surface area contributed by atoms with E-state index >= 15 is 0 Å². The van der Waals surface area contributed by atoms with Gasteiger partial charge in [-0.3, -0.25) is 0 Å². The number of ether oxygens (including phenoxy) is 2. The van der Waals surface area contributed by atoms with E-state index in [1.807, 2.05) is 12.1 Å². The van der Waals surface area contributed by atoms with E-state index in [4.69, 9.17) is 9.47 Å². The van der Waals surface area contributed by atoms with Gasteiger partial charge in [-0.15, -0.1) is 0 Å². The third kappa shape index (κ3) is 4.13. The van der Waals surface area contributed by atoms with Crippen LogP contribution in [0.1, 0.15) is 37.7 Å². The Morgan fingerprint density at radius 2 is 1.89 bits per heavy atom.